The molecule has 0 radical (unpaired) electrons. The molecule has 0 saturated carbocycles. The predicted octanol–water partition coefficient (Wildman–Crippen LogP) is 2.12. The maximum absolute atomic E-state index is 12.4. The number of sulfone groups is 1. The Morgan fingerprint density at radius 3 is 2.59 bits per heavy atom. The number of rotatable bonds is 6. The van der Waals surface area contributed by atoms with E-state index in [-0.39, 0.29) is 35.3 Å². The number of benzene rings is 1. The Morgan fingerprint density at radius 2 is 1.96 bits per heavy atom. The average Bonchev–Trinajstić information content (AvgIpc) is 2.95. The number of anilines is 2. The van der Waals surface area contributed by atoms with Crippen molar-refractivity contribution in [2.45, 2.75) is 32.4 Å². The fraction of sp³-hybridized carbons (Fsp3) is 0.389. The van der Waals surface area contributed by atoms with Crippen molar-refractivity contribution in [3.63, 3.8) is 0 Å². The van der Waals surface area contributed by atoms with Gasteiger partial charge in [-0.2, -0.15) is 0 Å². The highest BCUT2D eigenvalue weighted by atomic mass is 32.2. The van der Waals surface area contributed by atoms with E-state index in [9.17, 15) is 13.2 Å². The summed E-state index contributed by atoms with van der Waals surface area (Å²) in [7, 11) is -2.99. The first kappa shape index (κ1) is 19.1. The van der Waals surface area contributed by atoms with Crippen molar-refractivity contribution >= 4 is 27.2 Å². The molecule has 9 heteroatoms. The van der Waals surface area contributed by atoms with Crippen LogP contribution >= 0.6 is 0 Å². The highest BCUT2D eigenvalue weighted by Crippen LogP contribution is 2.19. The number of carbonyl (C=O) groups excluding carboxylic acids is 1. The zero-order valence-corrected chi connectivity index (χ0v) is 16.0. The van der Waals surface area contributed by atoms with Crippen LogP contribution in [0.15, 0.2) is 36.7 Å². The molecular weight excluding hydrogens is 368 g/mol. The molecule has 2 heterocycles. The number of hydrogen-bond donors (Lipinski definition) is 2. The van der Waals surface area contributed by atoms with E-state index in [1.54, 1.807) is 24.3 Å². The van der Waals surface area contributed by atoms with Gasteiger partial charge in [0, 0.05) is 17.8 Å². The van der Waals surface area contributed by atoms with Crippen LogP contribution in [0.2, 0.25) is 0 Å². The lowest BCUT2D eigenvalue weighted by Gasteiger charge is -2.12. The third kappa shape index (κ3) is 5.40. The molecule has 2 aromatic rings. The van der Waals surface area contributed by atoms with Crippen molar-refractivity contribution in [3.05, 3.63) is 42.4 Å². The van der Waals surface area contributed by atoms with Crippen molar-refractivity contribution in [1.82, 2.24) is 9.97 Å². The molecule has 1 amide bonds. The fourth-order valence-electron chi connectivity index (χ4n) is 2.76. The molecule has 0 aliphatic carbocycles. The van der Waals surface area contributed by atoms with Gasteiger partial charge in [0.1, 0.15) is 23.6 Å². The lowest BCUT2D eigenvalue weighted by Crippen LogP contribution is -2.22. The zero-order valence-electron chi connectivity index (χ0n) is 15.2. The second-order valence-corrected chi connectivity index (χ2v) is 8.91. The van der Waals surface area contributed by atoms with Gasteiger partial charge in [0.15, 0.2) is 9.84 Å². The summed E-state index contributed by atoms with van der Waals surface area (Å²) in [5.74, 6) is 1.01. The molecule has 1 aromatic heterocycles. The average molecular weight is 390 g/mol. The monoisotopic (exact) mass is 390 g/mol. The van der Waals surface area contributed by atoms with E-state index < -0.39 is 9.84 Å². The summed E-state index contributed by atoms with van der Waals surface area (Å²) in [6.07, 6.45) is 1.88. The minimum atomic E-state index is -2.99. The summed E-state index contributed by atoms with van der Waals surface area (Å²) in [5.41, 5.74) is 0.807. The van der Waals surface area contributed by atoms with Gasteiger partial charge in [0.05, 0.1) is 17.6 Å². The van der Waals surface area contributed by atoms with Gasteiger partial charge in [-0.3, -0.25) is 4.79 Å². The maximum atomic E-state index is 12.4. The van der Waals surface area contributed by atoms with Gasteiger partial charge < -0.3 is 15.4 Å². The number of aromatic nitrogens is 2. The van der Waals surface area contributed by atoms with Crippen molar-refractivity contribution in [2.75, 3.05) is 22.1 Å². The topological polar surface area (TPSA) is 110 Å². The molecule has 1 fully saturated rings. The molecule has 1 unspecified atom stereocenters. The molecule has 144 valence electrons. The highest BCUT2D eigenvalue weighted by molar-refractivity contribution is 7.91. The van der Waals surface area contributed by atoms with Crippen LogP contribution in [-0.4, -0.2) is 47.9 Å². The zero-order chi connectivity index (χ0) is 19.4. The number of carbonyl (C=O) groups is 1. The summed E-state index contributed by atoms with van der Waals surface area (Å²) in [5, 5.41) is 5.82. The number of nitrogens with one attached hydrogen (secondary N) is 2. The van der Waals surface area contributed by atoms with Crippen LogP contribution < -0.4 is 15.4 Å². The number of ether oxygens (including phenoxy) is 1. The van der Waals surface area contributed by atoms with Crippen LogP contribution in [0.5, 0.6) is 5.75 Å². The Morgan fingerprint density at radius 1 is 1.22 bits per heavy atom. The van der Waals surface area contributed by atoms with Crippen molar-refractivity contribution in [2.24, 2.45) is 0 Å². The molecule has 1 aromatic carbocycles. The van der Waals surface area contributed by atoms with Crippen LogP contribution in [0.25, 0.3) is 0 Å². The molecule has 8 nitrogen and oxygen atoms in total. The van der Waals surface area contributed by atoms with E-state index in [0.717, 1.165) is 5.75 Å². The van der Waals surface area contributed by atoms with Gasteiger partial charge in [-0.1, -0.05) is 0 Å². The number of hydrogen-bond acceptors (Lipinski definition) is 7. The second kappa shape index (κ2) is 7.91. The van der Waals surface area contributed by atoms with E-state index >= 15 is 0 Å². The largest absolute Gasteiger partial charge is 0.491 e. The van der Waals surface area contributed by atoms with Gasteiger partial charge in [0.2, 0.25) is 0 Å². The Bertz CT molecular complexity index is 913. The van der Waals surface area contributed by atoms with E-state index in [1.807, 2.05) is 13.8 Å². The minimum absolute atomic E-state index is 0.0727. The lowest BCUT2D eigenvalue weighted by atomic mass is 10.2. The van der Waals surface area contributed by atoms with E-state index in [2.05, 4.69) is 20.6 Å². The summed E-state index contributed by atoms with van der Waals surface area (Å²) < 4.78 is 28.7. The Labute approximate surface area is 158 Å². The molecular formula is C18H22N4O4S. The summed E-state index contributed by atoms with van der Waals surface area (Å²) in [4.78, 5) is 20.5. The Hall–Kier alpha value is -2.68. The third-order valence-corrected chi connectivity index (χ3v) is 5.74. The number of amides is 1. The SMILES string of the molecule is CC(C)Oc1ccc(NC(=O)c2cc(NC3CCS(=O)(=O)C3)ncn2)cc1. The van der Waals surface area contributed by atoms with Crippen molar-refractivity contribution in [3.8, 4) is 5.75 Å². The first-order chi connectivity index (χ1) is 12.8. The lowest BCUT2D eigenvalue weighted by molar-refractivity contribution is 0.102. The van der Waals surface area contributed by atoms with Crippen LogP contribution in [0.1, 0.15) is 30.8 Å². The second-order valence-electron chi connectivity index (χ2n) is 6.68. The van der Waals surface area contributed by atoms with Gasteiger partial charge in [-0.25, -0.2) is 18.4 Å². The van der Waals surface area contributed by atoms with Crippen LogP contribution in [0, 0.1) is 0 Å². The minimum Gasteiger partial charge on any atom is -0.491 e. The van der Waals surface area contributed by atoms with E-state index in [1.165, 1.54) is 12.4 Å². The van der Waals surface area contributed by atoms with Crippen LogP contribution in [-0.2, 0) is 9.84 Å². The quantitative estimate of drug-likeness (QED) is 0.777. The summed E-state index contributed by atoms with van der Waals surface area (Å²) in [6, 6.07) is 8.37. The first-order valence-corrected chi connectivity index (χ1v) is 10.5. The smallest absolute Gasteiger partial charge is 0.274 e. The Kier molecular flexibility index (Phi) is 5.59. The predicted molar refractivity (Wildman–Crippen MR) is 103 cm³/mol. The molecule has 1 saturated heterocycles. The highest BCUT2D eigenvalue weighted by Gasteiger charge is 2.28. The van der Waals surface area contributed by atoms with Gasteiger partial charge in [0.25, 0.3) is 5.91 Å². The summed E-state index contributed by atoms with van der Waals surface area (Å²) in [6.45, 7) is 3.88. The van der Waals surface area contributed by atoms with Gasteiger partial charge >= 0.3 is 0 Å². The third-order valence-electron chi connectivity index (χ3n) is 3.97. The van der Waals surface area contributed by atoms with Crippen molar-refractivity contribution in [1.29, 1.82) is 0 Å². The molecule has 2 N–H and O–H groups in total. The van der Waals surface area contributed by atoms with Crippen molar-refractivity contribution < 1.29 is 17.9 Å². The normalized spacial score (nSPS) is 18.3. The molecule has 27 heavy (non-hydrogen) atoms. The maximum Gasteiger partial charge on any atom is 0.274 e. The standard InChI is InChI=1S/C18H22N4O4S/c1-12(2)26-15-5-3-13(4-6-15)22-18(23)16-9-17(20-11-19-16)21-14-7-8-27(24,25)10-14/h3-6,9,11-12,14H,7-8,10H2,1-2H3,(H,22,23)(H,19,20,21). The fourth-order valence-corrected chi connectivity index (χ4v) is 4.44. The van der Waals surface area contributed by atoms with Crippen LogP contribution in [0.4, 0.5) is 11.5 Å². The molecule has 3 rings (SSSR count). The number of nitrogens with zero attached hydrogens (tertiary/aromatic N) is 2. The van der Waals surface area contributed by atoms with Gasteiger partial charge in [-0.15, -0.1) is 0 Å². The molecule has 0 spiro atoms. The molecule has 1 atom stereocenters. The van der Waals surface area contributed by atoms with Gasteiger partial charge in [-0.05, 0) is 44.5 Å². The molecule has 1 aliphatic heterocycles. The molecule has 0 bridgehead atoms. The van der Waals surface area contributed by atoms with Crippen LogP contribution in [0.3, 0.4) is 0 Å². The summed E-state index contributed by atoms with van der Waals surface area (Å²) >= 11 is 0. The molecule has 1 aliphatic rings. The van der Waals surface area contributed by atoms with E-state index in [0.29, 0.717) is 17.9 Å². The Balaban J connectivity index is 1.63. The first-order valence-electron chi connectivity index (χ1n) is 8.68. The van der Waals surface area contributed by atoms with E-state index in [4.69, 9.17) is 4.74 Å².